The molecule has 1 N–H and O–H groups in total. The minimum Gasteiger partial charge on any atom is -0.491 e. The highest BCUT2D eigenvalue weighted by molar-refractivity contribution is 5.55. The van der Waals surface area contributed by atoms with Crippen molar-refractivity contribution < 1.29 is 9.84 Å². The minimum absolute atomic E-state index is 0.302. The lowest BCUT2D eigenvalue weighted by Crippen LogP contribution is -2.13. The van der Waals surface area contributed by atoms with Crippen LogP contribution in [-0.2, 0) is 0 Å². The van der Waals surface area contributed by atoms with Crippen molar-refractivity contribution in [3.8, 4) is 5.75 Å². The lowest BCUT2D eigenvalue weighted by atomic mass is 10.2. The number of allylic oxidation sites excluding steroid dienone is 2. The number of benzene rings is 1. The Kier molecular flexibility index (Phi) is 6.01. The van der Waals surface area contributed by atoms with Gasteiger partial charge in [-0.25, -0.2) is 0 Å². The molecule has 0 aliphatic carbocycles. The van der Waals surface area contributed by atoms with Gasteiger partial charge in [-0.3, -0.25) is 0 Å². The molecule has 1 atom stereocenters. The molecule has 0 spiro atoms. The average molecular weight is 247 g/mol. The molecular weight excluding hydrogens is 226 g/mol. The maximum Gasteiger partial charge on any atom is 0.121 e. The molecule has 0 amide bonds. The summed E-state index contributed by atoms with van der Waals surface area (Å²) in [6.07, 6.45) is 7.45. The van der Waals surface area contributed by atoms with E-state index in [9.17, 15) is 5.11 Å². The molecule has 0 saturated heterocycles. The van der Waals surface area contributed by atoms with E-state index in [1.807, 2.05) is 67.6 Å². The minimum atomic E-state index is -0.462. The van der Waals surface area contributed by atoms with Crippen LogP contribution in [0.15, 0.2) is 48.8 Å². The summed E-state index contributed by atoms with van der Waals surface area (Å²) >= 11 is 0. The van der Waals surface area contributed by atoms with Gasteiger partial charge in [0.2, 0.25) is 0 Å². The maximum absolute atomic E-state index is 9.20. The highest BCUT2D eigenvalue weighted by atomic mass is 16.5. The topological polar surface area (TPSA) is 32.7 Å². The fraction of sp³-hybridized carbons (Fsp3) is 0.333. The van der Waals surface area contributed by atoms with E-state index in [4.69, 9.17) is 4.74 Å². The number of rotatable bonds is 6. The van der Waals surface area contributed by atoms with Crippen LogP contribution >= 0.6 is 0 Å². The summed E-state index contributed by atoms with van der Waals surface area (Å²) in [5.41, 5.74) is 1.02. The van der Waals surface area contributed by atoms with Crippen molar-refractivity contribution in [3.63, 3.8) is 0 Å². The SMILES string of the molecule is C/C=C\N(/C=C\C)c1cccc(OCC(C)O)c1. The molecule has 18 heavy (non-hydrogen) atoms. The van der Waals surface area contributed by atoms with Gasteiger partial charge in [-0.2, -0.15) is 0 Å². The molecule has 1 unspecified atom stereocenters. The van der Waals surface area contributed by atoms with Crippen LogP contribution in [0.5, 0.6) is 5.75 Å². The van der Waals surface area contributed by atoms with Gasteiger partial charge in [0.25, 0.3) is 0 Å². The second-order valence-corrected chi connectivity index (χ2v) is 4.03. The van der Waals surface area contributed by atoms with Gasteiger partial charge in [-0.05, 0) is 32.9 Å². The number of hydrogen-bond donors (Lipinski definition) is 1. The molecule has 1 rings (SSSR count). The molecule has 3 nitrogen and oxygen atoms in total. The van der Waals surface area contributed by atoms with E-state index in [2.05, 4.69) is 0 Å². The quantitative estimate of drug-likeness (QED) is 0.837. The molecule has 0 saturated carbocycles. The van der Waals surface area contributed by atoms with E-state index in [1.54, 1.807) is 6.92 Å². The molecule has 0 aliphatic rings. The van der Waals surface area contributed by atoms with Gasteiger partial charge in [0, 0.05) is 24.2 Å². The van der Waals surface area contributed by atoms with Gasteiger partial charge in [0.1, 0.15) is 12.4 Å². The van der Waals surface area contributed by atoms with Gasteiger partial charge in [0.05, 0.1) is 6.10 Å². The van der Waals surface area contributed by atoms with E-state index in [0.717, 1.165) is 11.4 Å². The zero-order valence-corrected chi connectivity index (χ0v) is 11.2. The summed E-state index contributed by atoms with van der Waals surface area (Å²) in [6.45, 7) is 5.96. The van der Waals surface area contributed by atoms with Crippen molar-refractivity contribution >= 4 is 5.69 Å². The first kappa shape index (κ1) is 14.3. The highest BCUT2D eigenvalue weighted by Crippen LogP contribution is 2.22. The van der Waals surface area contributed by atoms with Crippen LogP contribution in [0.2, 0.25) is 0 Å². The predicted molar refractivity (Wildman–Crippen MR) is 75.7 cm³/mol. The third-order valence-corrected chi connectivity index (χ3v) is 2.23. The molecular formula is C15H21NO2. The van der Waals surface area contributed by atoms with E-state index in [-0.39, 0.29) is 0 Å². The van der Waals surface area contributed by atoms with Crippen molar-refractivity contribution in [2.24, 2.45) is 0 Å². The summed E-state index contributed by atoms with van der Waals surface area (Å²) in [5, 5.41) is 9.20. The summed E-state index contributed by atoms with van der Waals surface area (Å²) < 4.78 is 5.49. The first-order valence-electron chi connectivity index (χ1n) is 6.12. The fourth-order valence-corrected chi connectivity index (χ4v) is 1.49. The highest BCUT2D eigenvalue weighted by Gasteiger charge is 2.02. The number of hydrogen-bond acceptors (Lipinski definition) is 3. The lowest BCUT2D eigenvalue weighted by molar-refractivity contribution is 0.123. The molecule has 0 fully saturated rings. The summed E-state index contributed by atoms with van der Waals surface area (Å²) in [5.74, 6) is 0.757. The second kappa shape index (κ2) is 7.56. The third-order valence-electron chi connectivity index (χ3n) is 2.23. The Morgan fingerprint density at radius 2 is 1.94 bits per heavy atom. The Morgan fingerprint density at radius 1 is 1.28 bits per heavy atom. The van der Waals surface area contributed by atoms with Crippen LogP contribution in [-0.4, -0.2) is 17.8 Å². The molecule has 0 bridgehead atoms. The van der Waals surface area contributed by atoms with Crippen molar-refractivity contribution in [2.45, 2.75) is 26.9 Å². The Bertz CT molecular complexity index is 399. The Balaban J connectivity index is 2.85. The molecule has 0 aromatic heterocycles. The lowest BCUT2D eigenvalue weighted by Gasteiger charge is -2.17. The predicted octanol–water partition coefficient (Wildman–Crippen LogP) is 3.32. The first-order chi connectivity index (χ1) is 8.67. The fourth-order valence-electron chi connectivity index (χ4n) is 1.49. The molecule has 3 heteroatoms. The Labute approximate surface area is 109 Å². The zero-order chi connectivity index (χ0) is 13.4. The summed E-state index contributed by atoms with van der Waals surface area (Å²) in [6, 6.07) is 7.78. The van der Waals surface area contributed by atoms with Gasteiger partial charge >= 0.3 is 0 Å². The van der Waals surface area contributed by atoms with Crippen LogP contribution in [0, 0.1) is 0 Å². The van der Waals surface area contributed by atoms with Crippen LogP contribution < -0.4 is 9.64 Å². The van der Waals surface area contributed by atoms with Crippen molar-refractivity contribution in [3.05, 3.63) is 48.8 Å². The first-order valence-corrected chi connectivity index (χ1v) is 6.12. The molecule has 1 aromatic rings. The third kappa shape index (κ3) is 4.63. The smallest absolute Gasteiger partial charge is 0.121 e. The largest absolute Gasteiger partial charge is 0.491 e. The molecule has 0 radical (unpaired) electrons. The molecule has 0 heterocycles. The number of anilines is 1. The van der Waals surface area contributed by atoms with Crippen molar-refractivity contribution in [1.29, 1.82) is 0 Å². The van der Waals surface area contributed by atoms with E-state index >= 15 is 0 Å². The van der Waals surface area contributed by atoms with E-state index in [1.165, 1.54) is 0 Å². The molecule has 1 aromatic carbocycles. The monoisotopic (exact) mass is 247 g/mol. The average Bonchev–Trinajstić information content (AvgIpc) is 2.36. The van der Waals surface area contributed by atoms with Crippen LogP contribution in [0.25, 0.3) is 0 Å². The Morgan fingerprint density at radius 3 is 2.50 bits per heavy atom. The second-order valence-electron chi connectivity index (χ2n) is 4.03. The number of nitrogens with zero attached hydrogens (tertiary/aromatic N) is 1. The Hall–Kier alpha value is -1.74. The van der Waals surface area contributed by atoms with Crippen LogP contribution in [0.4, 0.5) is 5.69 Å². The number of aliphatic hydroxyl groups is 1. The van der Waals surface area contributed by atoms with Crippen LogP contribution in [0.3, 0.4) is 0 Å². The summed E-state index contributed by atoms with van der Waals surface area (Å²) in [7, 11) is 0. The molecule has 98 valence electrons. The van der Waals surface area contributed by atoms with Gasteiger partial charge in [-0.15, -0.1) is 0 Å². The zero-order valence-electron chi connectivity index (χ0n) is 11.2. The van der Waals surface area contributed by atoms with Gasteiger partial charge in [-0.1, -0.05) is 18.2 Å². The summed E-state index contributed by atoms with van der Waals surface area (Å²) in [4.78, 5) is 2.01. The van der Waals surface area contributed by atoms with Crippen LogP contribution in [0.1, 0.15) is 20.8 Å². The molecule has 0 aliphatic heterocycles. The van der Waals surface area contributed by atoms with E-state index < -0.39 is 6.10 Å². The van der Waals surface area contributed by atoms with E-state index in [0.29, 0.717) is 6.61 Å². The van der Waals surface area contributed by atoms with Gasteiger partial charge in [0.15, 0.2) is 0 Å². The number of ether oxygens (including phenoxy) is 1. The standard InChI is InChI=1S/C15H21NO2/c1-4-9-16(10-5-2)14-7-6-8-15(11-14)18-12-13(3)17/h4-11,13,17H,12H2,1-3H3/b9-4-,10-5-. The van der Waals surface area contributed by atoms with Crippen molar-refractivity contribution in [2.75, 3.05) is 11.5 Å². The van der Waals surface area contributed by atoms with Gasteiger partial charge < -0.3 is 14.7 Å². The number of aliphatic hydroxyl groups excluding tert-OH is 1. The van der Waals surface area contributed by atoms with Crippen molar-refractivity contribution in [1.82, 2.24) is 0 Å². The maximum atomic E-state index is 9.20. The normalized spacial score (nSPS) is 13.1.